The molecular weight excluding hydrogens is 291 g/mol. The zero-order chi connectivity index (χ0) is 16.0. The largest absolute Gasteiger partial charge is 0.313 e. The molecule has 0 aliphatic rings. The lowest BCUT2D eigenvalue weighted by molar-refractivity contribution is 0.354. The first-order valence-electron chi connectivity index (χ1n) is 7.35. The van der Waals surface area contributed by atoms with Crippen LogP contribution in [0.2, 0.25) is 0 Å². The van der Waals surface area contributed by atoms with Gasteiger partial charge in [-0.2, -0.15) is 4.31 Å². The molecule has 0 fully saturated rings. The van der Waals surface area contributed by atoms with Crippen molar-refractivity contribution in [2.24, 2.45) is 0 Å². The molecule has 0 radical (unpaired) electrons. The minimum Gasteiger partial charge on any atom is -0.313 e. The SMILES string of the molecule is CCCN(C(C)C)S(=O)(=O)c1ccc(F)c(CNCC)c1. The molecule has 1 aromatic rings. The standard InChI is InChI=1S/C15H25FN2O2S/c1-5-9-18(12(3)4)21(19,20)14-7-8-15(16)13(10-14)11-17-6-2/h7-8,10,12,17H,5-6,9,11H2,1-4H3. The van der Waals surface area contributed by atoms with Gasteiger partial charge in [-0.3, -0.25) is 0 Å². The third-order valence-corrected chi connectivity index (χ3v) is 5.28. The normalized spacial score (nSPS) is 12.3. The average Bonchev–Trinajstić information content (AvgIpc) is 2.43. The minimum atomic E-state index is -3.59. The highest BCUT2D eigenvalue weighted by Crippen LogP contribution is 2.21. The summed E-state index contributed by atoms with van der Waals surface area (Å²) in [6, 6.07) is 3.87. The van der Waals surface area contributed by atoms with E-state index in [4.69, 9.17) is 0 Å². The fourth-order valence-electron chi connectivity index (χ4n) is 2.12. The van der Waals surface area contributed by atoms with Crippen LogP contribution in [0, 0.1) is 5.82 Å². The van der Waals surface area contributed by atoms with Gasteiger partial charge in [-0.05, 0) is 45.0 Å². The average molecular weight is 316 g/mol. The molecule has 0 unspecified atom stereocenters. The van der Waals surface area contributed by atoms with Crippen molar-refractivity contribution in [1.29, 1.82) is 0 Å². The molecule has 0 atom stereocenters. The van der Waals surface area contributed by atoms with E-state index in [0.717, 1.165) is 6.42 Å². The molecule has 6 heteroatoms. The summed E-state index contributed by atoms with van der Waals surface area (Å²) < 4.78 is 40.6. The molecule has 0 heterocycles. The molecule has 0 saturated heterocycles. The third kappa shape index (κ3) is 4.49. The Balaban J connectivity index is 3.18. The summed E-state index contributed by atoms with van der Waals surface area (Å²) in [5.41, 5.74) is 0.373. The van der Waals surface area contributed by atoms with Gasteiger partial charge in [0.2, 0.25) is 10.0 Å². The fraction of sp³-hybridized carbons (Fsp3) is 0.600. The van der Waals surface area contributed by atoms with Crippen molar-refractivity contribution in [1.82, 2.24) is 9.62 Å². The van der Waals surface area contributed by atoms with Gasteiger partial charge in [-0.25, -0.2) is 12.8 Å². The van der Waals surface area contributed by atoms with Gasteiger partial charge >= 0.3 is 0 Å². The molecule has 1 N–H and O–H groups in total. The number of hydrogen-bond donors (Lipinski definition) is 1. The van der Waals surface area contributed by atoms with E-state index in [-0.39, 0.29) is 16.8 Å². The van der Waals surface area contributed by atoms with Crippen LogP contribution in [0.5, 0.6) is 0 Å². The predicted molar refractivity (Wildman–Crippen MR) is 83.1 cm³/mol. The van der Waals surface area contributed by atoms with Crippen LogP contribution in [-0.2, 0) is 16.6 Å². The number of rotatable bonds is 8. The molecule has 0 aliphatic carbocycles. The molecule has 0 saturated carbocycles. The van der Waals surface area contributed by atoms with Gasteiger partial charge < -0.3 is 5.32 Å². The third-order valence-electron chi connectivity index (χ3n) is 3.21. The quantitative estimate of drug-likeness (QED) is 0.802. The maximum absolute atomic E-state index is 13.7. The van der Waals surface area contributed by atoms with Crippen LogP contribution >= 0.6 is 0 Å². The summed E-state index contributed by atoms with van der Waals surface area (Å²) in [6.45, 7) is 9.02. The molecule has 4 nitrogen and oxygen atoms in total. The molecular formula is C15H25FN2O2S. The maximum Gasteiger partial charge on any atom is 0.243 e. The molecule has 0 spiro atoms. The fourth-order valence-corrected chi connectivity index (χ4v) is 3.90. The highest BCUT2D eigenvalue weighted by Gasteiger charge is 2.26. The van der Waals surface area contributed by atoms with Crippen LogP contribution < -0.4 is 5.32 Å². The number of benzene rings is 1. The minimum absolute atomic E-state index is 0.128. The topological polar surface area (TPSA) is 49.4 Å². The monoisotopic (exact) mass is 316 g/mol. The van der Waals surface area contributed by atoms with Crippen LogP contribution in [0.4, 0.5) is 4.39 Å². The number of hydrogen-bond acceptors (Lipinski definition) is 3. The van der Waals surface area contributed by atoms with E-state index in [1.54, 1.807) is 0 Å². The summed E-state index contributed by atoms with van der Waals surface area (Å²) in [5, 5.41) is 3.01. The van der Waals surface area contributed by atoms with Crippen molar-refractivity contribution in [2.75, 3.05) is 13.1 Å². The lowest BCUT2D eigenvalue weighted by Gasteiger charge is -2.25. The highest BCUT2D eigenvalue weighted by molar-refractivity contribution is 7.89. The summed E-state index contributed by atoms with van der Waals surface area (Å²) >= 11 is 0. The van der Waals surface area contributed by atoms with Crippen molar-refractivity contribution in [2.45, 2.75) is 51.6 Å². The van der Waals surface area contributed by atoms with Crippen molar-refractivity contribution in [3.05, 3.63) is 29.6 Å². The van der Waals surface area contributed by atoms with Crippen LogP contribution in [0.1, 0.15) is 39.7 Å². The molecule has 0 aromatic heterocycles. The highest BCUT2D eigenvalue weighted by atomic mass is 32.2. The van der Waals surface area contributed by atoms with E-state index in [2.05, 4.69) is 5.32 Å². The van der Waals surface area contributed by atoms with Gasteiger partial charge in [0.25, 0.3) is 0 Å². The van der Waals surface area contributed by atoms with E-state index < -0.39 is 10.0 Å². The van der Waals surface area contributed by atoms with Crippen LogP contribution in [0.25, 0.3) is 0 Å². The predicted octanol–water partition coefficient (Wildman–Crippen LogP) is 2.74. The van der Waals surface area contributed by atoms with E-state index in [0.29, 0.717) is 25.2 Å². The molecule has 0 aliphatic heterocycles. The number of sulfonamides is 1. The Morgan fingerprint density at radius 3 is 2.48 bits per heavy atom. The Labute approximate surface area is 127 Å². The van der Waals surface area contributed by atoms with E-state index >= 15 is 0 Å². The van der Waals surface area contributed by atoms with Gasteiger partial charge in [0.05, 0.1) is 4.90 Å². The molecule has 1 aromatic carbocycles. The van der Waals surface area contributed by atoms with E-state index in [1.165, 1.54) is 22.5 Å². The molecule has 120 valence electrons. The summed E-state index contributed by atoms with van der Waals surface area (Å²) in [7, 11) is -3.59. The van der Waals surface area contributed by atoms with Crippen molar-refractivity contribution in [3.8, 4) is 0 Å². The van der Waals surface area contributed by atoms with Crippen molar-refractivity contribution < 1.29 is 12.8 Å². The molecule has 0 bridgehead atoms. The van der Waals surface area contributed by atoms with Gasteiger partial charge in [-0.15, -0.1) is 0 Å². The molecule has 1 rings (SSSR count). The zero-order valence-corrected chi connectivity index (χ0v) is 14.0. The second kappa shape index (κ2) is 7.87. The summed E-state index contributed by atoms with van der Waals surface area (Å²) in [6.07, 6.45) is 0.739. The second-order valence-corrected chi connectivity index (χ2v) is 7.13. The smallest absolute Gasteiger partial charge is 0.243 e. The first kappa shape index (κ1) is 18.1. The van der Waals surface area contributed by atoms with Gasteiger partial charge in [0.15, 0.2) is 0 Å². The Kier molecular flexibility index (Phi) is 6.77. The lowest BCUT2D eigenvalue weighted by atomic mass is 10.2. The number of nitrogens with one attached hydrogen (secondary N) is 1. The van der Waals surface area contributed by atoms with E-state index in [9.17, 15) is 12.8 Å². The van der Waals surface area contributed by atoms with Gasteiger partial charge in [-0.1, -0.05) is 13.8 Å². The van der Waals surface area contributed by atoms with Crippen LogP contribution in [0.15, 0.2) is 23.1 Å². The Morgan fingerprint density at radius 2 is 1.95 bits per heavy atom. The van der Waals surface area contributed by atoms with Gasteiger partial charge in [0.1, 0.15) is 5.82 Å². The Hall–Kier alpha value is -0.980. The first-order valence-corrected chi connectivity index (χ1v) is 8.79. The summed E-state index contributed by atoms with van der Waals surface area (Å²) in [4.78, 5) is 0.152. The van der Waals surface area contributed by atoms with Crippen LogP contribution in [0.3, 0.4) is 0 Å². The number of nitrogens with zero attached hydrogens (tertiary/aromatic N) is 1. The maximum atomic E-state index is 13.7. The summed E-state index contributed by atoms with van der Waals surface area (Å²) in [5.74, 6) is -0.388. The van der Waals surface area contributed by atoms with Crippen LogP contribution in [-0.4, -0.2) is 31.9 Å². The number of halogens is 1. The first-order chi connectivity index (χ1) is 9.84. The van der Waals surface area contributed by atoms with Gasteiger partial charge in [0, 0.05) is 24.7 Å². The second-order valence-electron chi connectivity index (χ2n) is 5.24. The van der Waals surface area contributed by atoms with E-state index in [1.807, 2.05) is 27.7 Å². The zero-order valence-electron chi connectivity index (χ0n) is 13.2. The molecule has 0 amide bonds. The Bertz CT molecular complexity index is 559. The van der Waals surface area contributed by atoms with Crippen molar-refractivity contribution >= 4 is 10.0 Å². The molecule has 21 heavy (non-hydrogen) atoms. The lowest BCUT2D eigenvalue weighted by Crippen LogP contribution is -2.37. The van der Waals surface area contributed by atoms with Crippen molar-refractivity contribution in [3.63, 3.8) is 0 Å². The Morgan fingerprint density at radius 1 is 1.29 bits per heavy atom.